The highest BCUT2D eigenvalue weighted by molar-refractivity contribution is 5.68. The van der Waals surface area contributed by atoms with Crippen molar-refractivity contribution >= 4 is 17.5 Å². The molecule has 1 heterocycles. The van der Waals surface area contributed by atoms with Gasteiger partial charge in [0, 0.05) is 23.9 Å². The number of hydrogen-bond acceptors (Lipinski definition) is 7. The van der Waals surface area contributed by atoms with Crippen molar-refractivity contribution < 1.29 is 28.1 Å². The number of hydrogen-bond donors (Lipinski definition) is 4. The molecule has 0 radical (unpaired) electrons. The van der Waals surface area contributed by atoms with E-state index in [9.17, 15) is 18.3 Å². The molecule has 0 saturated heterocycles. The second-order valence-corrected chi connectivity index (χ2v) is 5.86. The predicted molar refractivity (Wildman–Crippen MR) is 101 cm³/mol. The van der Waals surface area contributed by atoms with Crippen LogP contribution in [0.2, 0.25) is 0 Å². The van der Waals surface area contributed by atoms with E-state index in [1.54, 1.807) is 24.3 Å². The summed E-state index contributed by atoms with van der Waals surface area (Å²) in [7, 11) is 0. The molecule has 1 aromatic heterocycles. The van der Waals surface area contributed by atoms with Crippen LogP contribution >= 0.6 is 0 Å². The number of aromatic nitrogens is 2. The van der Waals surface area contributed by atoms with Crippen molar-refractivity contribution in [2.24, 2.45) is 0 Å². The number of halogens is 3. The van der Waals surface area contributed by atoms with Gasteiger partial charge in [-0.05, 0) is 36.4 Å². The first-order chi connectivity index (χ1) is 13.8. The van der Waals surface area contributed by atoms with E-state index in [0.717, 1.165) is 0 Å². The number of ether oxygens (including phenoxy) is 1. The summed E-state index contributed by atoms with van der Waals surface area (Å²) in [5, 5.41) is 24.3. The fourth-order valence-corrected chi connectivity index (χ4v) is 2.45. The third kappa shape index (κ3) is 5.98. The van der Waals surface area contributed by atoms with Crippen molar-refractivity contribution in [3.05, 3.63) is 54.6 Å². The van der Waals surface area contributed by atoms with E-state index in [2.05, 4.69) is 25.3 Å². The van der Waals surface area contributed by atoms with Crippen molar-refractivity contribution in [1.82, 2.24) is 9.97 Å². The molecule has 10 heteroatoms. The van der Waals surface area contributed by atoms with Gasteiger partial charge < -0.3 is 25.6 Å². The summed E-state index contributed by atoms with van der Waals surface area (Å²) in [4.78, 5) is 8.56. The fourth-order valence-electron chi connectivity index (χ4n) is 2.45. The molecule has 152 valence electrons. The van der Waals surface area contributed by atoms with E-state index in [-0.39, 0.29) is 30.6 Å². The van der Waals surface area contributed by atoms with Gasteiger partial charge >= 0.3 is 6.36 Å². The average Bonchev–Trinajstić information content (AvgIpc) is 2.67. The zero-order chi connectivity index (χ0) is 20.9. The molecule has 0 aliphatic rings. The third-order valence-electron chi connectivity index (χ3n) is 3.62. The molecule has 0 fully saturated rings. The van der Waals surface area contributed by atoms with Crippen molar-refractivity contribution in [2.75, 3.05) is 23.8 Å². The van der Waals surface area contributed by atoms with Gasteiger partial charge in [0.1, 0.15) is 17.3 Å². The van der Waals surface area contributed by atoms with E-state index in [1.807, 2.05) is 0 Å². The Bertz CT molecular complexity index is 966. The second kappa shape index (κ2) is 8.65. The standard InChI is InChI=1S/C19H17F3N4O3/c20-19(21,22)29-15-3-1-2-12(10-15)16-11-17(26-18(25-16)23-8-9-27)24-13-4-6-14(28)7-5-13/h1-7,10-11,27-28H,8-9H2,(H2,23,24,25,26). The number of phenols is 1. The maximum atomic E-state index is 12.5. The Labute approximate surface area is 163 Å². The summed E-state index contributed by atoms with van der Waals surface area (Å²) in [5.41, 5.74) is 1.36. The molecule has 0 aliphatic heterocycles. The van der Waals surface area contributed by atoms with E-state index in [0.29, 0.717) is 22.8 Å². The molecular weight excluding hydrogens is 389 g/mol. The first kappa shape index (κ1) is 20.2. The number of anilines is 3. The van der Waals surface area contributed by atoms with E-state index < -0.39 is 6.36 Å². The third-order valence-corrected chi connectivity index (χ3v) is 3.62. The highest BCUT2D eigenvalue weighted by atomic mass is 19.4. The second-order valence-electron chi connectivity index (χ2n) is 5.86. The predicted octanol–water partition coefficient (Wildman–Crippen LogP) is 3.90. The summed E-state index contributed by atoms with van der Waals surface area (Å²) in [6, 6.07) is 13.2. The fraction of sp³-hybridized carbons (Fsp3) is 0.158. The van der Waals surface area contributed by atoms with E-state index in [1.165, 1.54) is 30.3 Å². The van der Waals surface area contributed by atoms with Crippen LogP contribution in [-0.2, 0) is 0 Å². The lowest BCUT2D eigenvalue weighted by molar-refractivity contribution is -0.274. The molecule has 0 saturated carbocycles. The van der Waals surface area contributed by atoms with Crippen LogP contribution in [0.1, 0.15) is 0 Å². The Morgan fingerprint density at radius 2 is 1.76 bits per heavy atom. The lowest BCUT2D eigenvalue weighted by Crippen LogP contribution is -2.17. The molecule has 2 aromatic carbocycles. The number of aliphatic hydroxyl groups is 1. The van der Waals surface area contributed by atoms with Gasteiger partial charge in [-0.25, -0.2) is 4.98 Å². The monoisotopic (exact) mass is 406 g/mol. The zero-order valence-corrected chi connectivity index (χ0v) is 14.9. The van der Waals surface area contributed by atoms with E-state index in [4.69, 9.17) is 5.11 Å². The van der Waals surface area contributed by atoms with Gasteiger partial charge in [0.25, 0.3) is 0 Å². The Morgan fingerprint density at radius 3 is 2.45 bits per heavy atom. The first-order valence-corrected chi connectivity index (χ1v) is 8.48. The molecule has 3 rings (SSSR count). The van der Waals surface area contributed by atoms with Crippen LogP contribution in [0.5, 0.6) is 11.5 Å². The number of alkyl halides is 3. The van der Waals surface area contributed by atoms with Crippen LogP contribution in [0.15, 0.2) is 54.6 Å². The van der Waals surface area contributed by atoms with Gasteiger partial charge in [-0.1, -0.05) is 12.1 Å². The molecule has 4 N–H and O–H groups in total. The molecule has 0 unspecified atom stereocenters. The average molecular weight is 406 g/mol. The van der Waals surface area contributed by atoms with Crippen LogP contribution < -0.4 is 15.4 Å². The number of rotatable bonds is 7. The van der Waals surface area contributed by atoms with Crippen LogP contribution in [0.3, 0.4) is 0 Å². The van der Waals surface area contributed by atoms with Gasteiger partial charge in [-0.15, -0.1) is 13.2 Å². The van der Waals surface area contributed by atoms with Gasteiger partial charge in [0.2, 0.25) is 5.95 Å². The van der Waals surface area contributed by atoms with Crippen molar-refractivity contribution in [3.63, 3.8) is 0 Å². The summed E-state index contributed by atoms with van der Waals surface area (Å²) >= 11 is 0. The number of nitrogens with one attached hydrogen (secondary N) is 2. The largest absolute Gasteiger partial charge is 0.573 e. The normalized spacial score (nSPS) is 11.2. The van der Waals surface area contributed by atoms with Crippen molar-refractivity contribution in [3.8, 4) is 22.8 Å². The Balaban J connectivity index is 1.94. The zero-order valence-electron chi connectivity index (χ0n) is 14.9. The van der Waals surface area contributed by atoms with Crippen molar-refractivity contribution in [1.29, 1.82) is 0 Å². The Morgan fingerprint density at radius 1 is 1.00 bits per heavy atom. The molecule has 0 aliphatic carbocycles. The number of aliphatic hydroxyl groups excluding tert-OH is 1. The maximum Gasteiger partial charge on any atom is 0.573 e. The van der Waals surface area contributed by atoms with Crippen molar-refractivity contribution in [2.45, 2.75) is 6.36 Å². The van der Waals surface area contributed by atoms with Crippen LogP contribution in [0, 0.1) is 0 Å². The number of nitrogens with zero attached hydrogens (tertiary/aromatic N) is 2. The number of aromatic hydroxyl groups is 1. The van der Waals surface area contributed by atoms with Crippen LogP contribution in [0.25, 0.3) is 11.3 Å². The minimum absolute atomic E-state index is 0.103. The van der Waals surface area contributed by atoms with Gasteiger partial charge in [-0.3, -0.25) is 0 Å². The quantitative estimate of drug-likeness (QED) is 0.442. The Hall–Kier alpha value is -3.53. The smallest absolute Gasteiger partial charge is 0.508 e. The summed E-state index contributed by atoms with van der Waals surface area (Å²) in [5.74, 6) is 0.278. The van der Waals surface area contributed by atoms with E-state index >= 15 is 0 Å². The molecule has 29 heavy (non-hydrogen) atoms. The lowest BCUT2D eigenvalue weighted by Gasteiger charge is -2.13. The highest BCUT2D eigenvalue weighted by Gasteiger charge is 2.31. The number of benzene rings is 2. The van der Waals surface area contributed by atoms with Crippen LogP contribution in [0.4, 0.5) is 30.6 Å². The summed E-state index contributed by atoms with van der Waals surface area (Å²) in [6.07, 6.45) is -4.80. The van der Waals surface area contributed by atoms with Gasteiger partial charge in [0.05, 0.1) is 12.3 Å². The molecule has 0 spiro atoms. The number of phenolic OH excluding ortho intramolecular Hbond substituents is 1. The molecule has 0 bridgehead atoms. The topological polar surface area (TPSA) is 99.5 Å². The molecule has 0 amide bonds. The van der Waals surface area contributed by atoms with Crippen LogP contribution in [-0.4, -0.2) is 39.7 Å². The first-order valence-electron chi connectivity index (χ1n) is 8.48. The SMILES string of the molecule is OCCNc1nc(Nc2ccc(O)cc2)cc(-c2cccc(OC(F)(F)F)c2)n1. The summed E-state index contributed by atoms with van der Waals surface area (Å²) < 4.78 is 41.5. The minimum Gasteiger partial charge on any atom is -0.508 e. The minimum atomic E-state index is -4.80. The lowest BCUT2D eigenvalue weighted by atomic mass is 10.1. The van der Waals surface area contributed by atoms with Gasteiger partial charge in [0.15, 0.2) is 0 Å². The molecule has 7 nitrogen and oxygen atoms in total. The molecular formula is C19H17F3N4O3. The van der Waals surface area contributed by atoms with Gasteiger partial charge in [-0.2, -0.15) is 4.98 Å². The summed E-state index contributed by atoms with van der Waals surface area (Å²) in [6.45, 7) is 0.0442. The highest BCUT2D eigenvalue weighted by Crippen LogP contribution is 2.29. The Kier molecular flexibility index (Phi) is 6.03. The molecule has 0 atom stereocenters. The molecule has 3 aromatic rings. The maximum absolute atomic E-state index is 12.5.